The van der Waals surface area contributed by atoms with Crippen LogP contribution in [0.25, 0.3) is 10.9 Å². The maximum absolute atomic E-state index is 13.8. The number of pyridine rings is 1. The summed E-state index contributed by atoms with van der Waals surface area (Å²) in [7, 11) is 8.47. The minimum absolute atomic E-state index is 0.0287. The van der Waals surface area contributed by atoms with Gasteiger partial charge >= 0.3 is 0 Å². The van der Waals surface area contributed by atoms with Crippen LogP contribution in [0.1, 0.15) is 31.7 Å². The molecule has 1 amide bonds. The maximum Gasteiger partial charge on any atom is 0.220 e. The minimum Gasteiger partial charge on any atom is -0.365 e. The first kappa shape index (κ1) is 22.1. The highest BCUT2D eigenvalue weighted by Gasteiger charge is 2.51. The van der Waals surface area contributed by atoms with Gasteiger partial charge in [-0.15, -0.1) is 27.7 Å². The third-order valence-electron chi connectivity index (χ3n) is 6.08. The Morgan fingerprint density at radius 3 is 2.80 bits per heavy atom. The number of amides is 1. The Balaban J connectivity index is 1.56. The number of nitrogens with zero attached hydrogens (tertiary/aromatic N) is 2. The van der Waals surface area contributed by atoms with Crippen molar-refractivity contribution in [3.63, 3.8) is 0 Å². The van der Waals surface area contributed by atoms with Crippen LogP contribution in [-0.2, 0) is 9.43 Å². The van der Waals surface area contributed by atoms with E-state index < -0.39 is 5.67 Å². The summed E-state index contributed by atoms with van der Waals surface area (Å²) in [5.41, 5.74) is 3.07. The van der Waals surface area contributed by atoms with Gasteiger partial charge in [-0.3, -0.25) is 9.78 Å². The summed E-state index contributed by atoms with van der Waals surface area (Å²) in [6.45, 7) is 7.22. The van der Waals surface area contributed by atoms with Gasteiger partial charge in [-0.05, 0) is 43.5 Å². The Bertz CT molecular complexity index is 1000. The lowest BCUT2D eigenvalue weighted by atomic mass is 9.99. The van der Waals surface area contributed by atoms with Crippen molar-refractivity contribution in [2.45, 2.75) is 42.5 Å². The Labute approximate surface area is 184 Å². The van der Waals surface area contributed by atoms with Crippen LogP contribution < -0.4 is 10.2 Å². The normalized spacial score (nSPS) is 26.7. The molecule has 5 unspecified atom stereocenters. The SMILES string of the molecule is C=C1C[C@@H](NC(=O)CC2CC2(C)F)CN(c2ccc(C(P)(P)P)c3ncccc23)C1. The predicted molar refractivity (Wildman–Crippen MR) is 133 cm³/mol. The summed E-state index contributed by atoms with van der Waals surface area (Å²) < 4.78 is 13.6. The van der Waals surface area contributed by atoms with Gasteiger partial charge in [-0.25, -0.2) is 4.39 Å². The van der Waals surface area contributed by atoms with Crippen molar-refractivity contribution in [2.24, 2.45) is 5.92 Å². The van der Waals surface area contributed by atoms with Crippen molar-refractivity contribution >= 4 is 50.2 Å². The van der Waals surface area contributed by atoms with Crippen molar-refractivity contribution < 1.29 is 9.18 Å². The maximum atomic E-state index is 13.8. The number of rotatable bonds is 5. The molecule has 1 aliphatic carbocycles. The van der Waals surface area contributed by atoms with Gasteiger partial charge in [0.25, 0.3) is 0 Å². The standard InChI is InChI=1S/C22H29FN3OP3/c1-13-8-15(25-19(27)9-14-10-21(14,2)23)12-26(11-13)18-6-5-17(22(28,29)30)20-16(18)4-3-7-24-20/h3-7,14-15H,1,8-12,28-30H2,2H3,(H,25,27)/t14?,15-,21?/m1/s1. The molecule has 0 radical (unpaired) electrons. The van der Waals surface area contributed by atoms with E-state index in [1.165, 1.54) is 0 Å². The summed E-state index contributed by atoms with van der Waals surface area (Å²) in [5.74, 6) is -0.212. The number of alkyl halides is 1. The molecule has 160 valence electrons. The highest BCUT2D eigenvalue weighted by atomic mass is 31.1. The molecular weight excluding hydrogens is 434 g/mol. The predicted octanol–water partition coefficient (Wildman–Crippen LogP) is 4.36. The van der Waals surface area contributed by atoms with Crippen LogP contribution in [0.5, 0.6) is 0 Å². The van der Waals surface area contributed by atoms with E-state index in [1.54, 1.807) is 6.92 Å². The van der Waals surface area contributed by atoms with Gasteiger partial charge < -0.3 is 10.2 Å². The molecule has 1 aromatic carbocycles. The summed E-state index contributed by atoms with van der Waals surface area (Å²) in [6.07, 6.45) is 3.31. The number of hydrogen-bond acceptors (Lipinski definition) is 3. The lowest BCUT2D eigenvalue weighted by molar-refractivity contribution is -0.122. The fraction of sp³-hybridized carbons (Fsp3) is 0.455. The quantitative estimate of drug-likeness (QED) is 0.530. The van der Waals surface area contributed by atoms with E-state index in [0.29, 0.717) is 13.0 Å². The lowest BCUT2D eigenvalue weighted by Gasteiger charge is -2.37. The van der Waals surface area contributed by atoms with Gasteiger partial charge in [0.2, 0.25) is 5.91 Å². The zero-order chi connectivity index (χ0) is 21.7. The van der Waals surface area contributed by atoms with Crippen LogP contribution in [0.3, 0.4) is 0 Å². The van der Waals surface area contributed by atoms with E-state index in [0.717, 1.165) is 40.7 Å². The van der Waals surface area contributed by atoms with Gasteiger partial charge in [-0.2, -0.15) is 0 Å². The number of carbonyl (C=O) groups excluding carboxylic acids is 1. The van der Waals surface area contributed by atoms with Crippen LogP contribution in [0.15, 0.2) is 42.6 Å². The van der Waals surface area contributed by atoms with E-state index in [2.05, 4.69) is 67.7 Å². The van der Waals surface area contributed by atoms with Gasteiger partial charge in [0.1, 0.15) is 5.67 Å². The Kier molecular flexibility index (Phi) is 5.95. The molecule has 2 aliphatic rings. The molecule has 0 spiro atoms. The molecule has 1 saturated heterocycles. The number of piperidine rings is 1. The molecule has 8 heteroatoms. The fourth-order valence-corrected chi connectivity index (χ4v) is 5.06. The lowest BCUT2D eigenvalue weighted by Crippen LogP contribution is -2.48. The smallest absolute Gasteiger partial charge is 0.220 e. The van der Waals surface area contributed by atoms with Crippen molar-refractivity contribution in [3.8, 4) is 0 Å². The molecule has 30 heavy (non-hydrogen) atoms. The molecule has 1 aromatic heterocycles. The van der Waals surface area contributed by atoms with E-state index in [4.69, 9.17) is 0 Å². The second-order valence-electron chi connectivity index (χ2n) is 8.95. The second-order valence-corrected chi connectivity index (χ2v) is 13.8. The van der Waals surface area contributed by atoms with Gasteiger partial charge in [0, 0.05) is 47.3 Å². The number of halogens is 1. The average molecular weight is 463 g/mol. The molecule has 6 atom stereocenters. The van der Waals surface area contributed by atoms with Crippen molar-refractivity contribution in [1.82, 2.24) is 10.3 Å². The number of fused-ring (bicyclic) bond motifs is 1. The van der Waals surface area contributed by atoms with Crippen LogP contribution in [0.2, 0.25) is 0 Å². The number of benzene rings is 1. The third kappa shape index (κ3) is 4.69. The molecule has 4 rings (SSSR count). The van der Waals surface area contributed by atoms with E-state index in [-0.39, 0.29) is 28.9 Å². The van der Waals surface area contributed by atoms with Crippen LogP contribution in [0.4, 0.5) is 10.1 Å². The monoisotopic (exact) mass is 463 g/mol. The number of hydrogen-bond donors (Lipinski definition) is 1. The van der Waals surface area contributed by atoms with E-state index in [9.17, 15) is 9.18 Å². The number of nitrogens with one attached hydrogen (secondary N) is 1. The molecule has 1 aliphatic heterocycles. The number of carbonyl (C=O) groups is 1. The van der Waals surface area contributed by atoms with Crippen LogP contribution in [-0.4, -0.2) is 35.7 Å². The van der Waals surface area contributed by atoms with E-state index >= 15 is 0 Å². The summed E-state index contributed by atoms with van der Waals surface area (Å²) >= 11 is 0. The first-order chi connectivity index (χ1) is 14.0. The van der Waals surface area contributed by atoms with Crippen molar-refractivity contribution in [1.29, 1.82) is 0 Å². The molecule has 1 saturated carbocycles. The molecule has 2 aromatic rings. The van der Waals surface area contributed by atoms with Gasteiger partial charge in [-0.1, -0.05) is 18.2 Å². The fourth-order valence-electron chi connectivity index (χ4n) is 4.36. The Morgan fingerprint density at radius 1 is 1.40 bits per heavy atom. The summed E-state index contributed by atoms with van der Waals surface area (Å²) in [6, 6.07) is 8.25. The topological polar surface area (TPSA) is 45.2 Å². The minimum atomic E-state index is -1.17. The zero-order valence-electron chi connectivity index (χ0n) is 17.2. The molecule has 2 heterocycles. The molecule has 4 nitrogen and oxygen atoms in total. The highest BCUT2D eigenvalue weighted by Crippen LogP contribution is 2.49. The summed E-state index contributed by atoms with van der Waals surface area (Å²) in [5, 5.41) is 4.19. The van der Waals surface area contributed by atoms with Gasteiger partial charge in [0.15, 0.2) is 0 Å². The second kappa shape index (κ2) is 8.09. The Morgan fingerprint density at radius 2 is 2.13 bits per heavy atom. The largest absolute Gasteiger partial charge is 0.365 e. The highest BCUT2D eigenvalue weighted by molar-refractivity contribution is 7.56. The Hall–Kier alpha value is -1.14. The average Bonchev–Trinajstić information content (AvgIpc) is 3.24. The molecule has 2 fully saturated rings. The third-order valence-corrected chi connectivity index (χ3v) is 7.01. The molecule has 1 N–H and O–H groups in total. The van der Waals surface area contributed by atoms with Crippen LogP contribution in [0, 0.1) is 5.92 Å². The first-order valence-corrected chi connectivity index (χ1v) is 11.9. The number of anilines is 1. The summed E-state index contributed by atoms with van der Waals surface area (Å²) in [4.78, 5) is 19.3. The molecule has 0 bridgehead atoms. The number of aromatic nitrogens is 1. The molecular formula is C22H29FN3OP3. The zero-order valence-corrected chi connectivity index (χ0v) is 20.7. The van der Waals surface area contributed by atoms with Crippen LogP contribution >= 0.6 is 27.7 Å². The van der Waals surface area contributed by atoms with E-state index in [1.807, 2.05) is 12.3 Å². The van der Waals surface area contributed by atoms with Crippen molar-refractivity contribution in [2.75, 3.05) is 18.0 Å². The van der Waals surface area contributed by atoms with Gasteiger partial charge in [0.05, 0.1) is 11.6 Å². The first-order valence-electron chi connectivity index (χ1n) is 10.2. The van der Waals surface area contributed by atoms with Crippen molar-refractivity contribution in [3.05, 3.63) is 48.2 Å².